The van der Waals surface area contributed by atoms with Crippen LogP contribution in [-0.2, 0) is 0 Å². The number of rotatable bonds is 13. The van der Waals surface area contributed by atoms with Crippen molar-refractivity contribution in [2.75, 3.05) is 26.2 Å². The van der Waals surface area contributed by atoms with Crippen LogP contribution in [0.3, 0.4) is 0 Å². The summed E-state index contributed by atoms with van der Waals surface area (Å²) >= 11 is -1.19. The van der Waals surface area contributed by atoms with Crippen molar-refractivity contribution in [2.45, 2.75) is 85.9 Å². The SMILES string of the molecule is CCN(CC[CH2][In]([CH2]C)[CH2]CCN(CC)C(C)C)C(C)C. The summed E-state index contributed by atoms with van der Waals surface area (Å²) in [4.78, 5) is 5.24. The van der Waals surface area contributed by atoms with E-state index in [1.807, 2.05) is 0 Å². The molecule has 0 amide bonds. The molecule has 0 unspecified atom stereocenters. The van der Waals surface area contributed by atoms with Gasteiger partial charge in [-0.2, -0.15) is 0 Å². The minimum absolute atomic E-state index is 0.717. The Kier molecular flexibility index (Phi) is 13.7. The minimum atomic E-state index is -1.19. The van der Waals surface area contributed by atoms with E-state index < -0.39 is 21.4 Å². The van der Waals surface area contributed by atoms with Crippen molar-refractivity contribution in [3.63, 3.8) is 0 Å². The van der Waals surface area contributed by atoms with E-state index in [2.05, 4.69) is 58.3 Å². The number of hydrogen-bond acceptors (Lipinski definition) is 2. The van der Waals surface area contributed by atoms with Crippen molar-refractivity contribution in [1.29, 1.82) is 0 Å². The van der Waals surface area contributed by atoms with Gasteiger partial charge in [-0.05, 0) is 0 Å². The summed E-state index contributed by atoms with van der Waals surface area (Å²) in [5.41, 5.74) is 0. The molecule has 0 saturated carbocycles. The fraction of sp³-hybridized carbons (Fsp3) is 1.00. The molecule has 0 rings (SSSR count). The fourth-order valence-electron chi connectivity index (χ4n) is 3.28. The van der Waals surface area contributed by atoms with Crippen LogP contribution in [0, 0.1) is 0 Å². The van der Waals surface area contributed by atoms with Crippen LogP contribution in [0.1, 0.15) is 61.3 Å². The molecule has 0 atom stereocenters. The molecule has 126 valence electrons. The van der Waals surface area contributed by atoms with Crippen LogP contribution in [0.4, 0.5) is 0 Å². The third kappa shape index (κ3) is 10.2. The summed E-state index contributed by atoms with van der Waals surface area (Å²) in [6, 6.07) is 1.43. The number of hydrogen-bond donors (Lipinski definition) is 0. The predicted octanol–water partition coefficient (Wildman–Crippen LogP) is 4.74. The van der Waals surface area contributed by atoms with Gasteiger partial charge in [-0.15, -0.1) is 0 Å². The molecule has 0 aromatic rings. The van der Waals surface area contributed by atoms with E-state index in [0.29, 0.717) is 0 Å². The molecule has 0 aliphatic heterocycles. The topological polar surface area (TPSA) is 6.48 Å². The summed E-state index contributed by atoms with van der Waals surface area (Å²) in [6.07, 6.45) is 2.92. The van der Waals surface area contributed by atoms with Gasteiger partial charge in [0.2, 0.25) is 0 Å². The Morgan fingerprint density at radius 1 is 0.714 bits per heavy atom. The molecular formula is C18H41InN2. The fourth-order valence-corrected chi connectivity index (χ4v) is 10.8. The van der Waals surface area contributed by atoms with Crippen LogP contribution in [0.5, 0.6) is 0 Å². The second-order valence-corrected chi connectivity index (χ2v) is 17.6. The number of nitrogens with zero attached hydrogens (tertiary/aromatic N) is 2. The standard InChI is InChI=1S/2C8H18N.C2H5.In/c2*1-5-7-9(6-2)8(3)4;1-2;/h2*8H,1,5-7H2,2-4H3;1H2,2H3;. The van der Waals surface area contributed by atoms with Gasteiger partial charge in [0, 0.05) is 0 Å². The predicted molar refractivity (Wildman–Crippen MR) is 99.8 cm³/mol. The maximum absolute atomic E-state index is 2.62. The molecule has 2 nitrogen and oxygen atoms in total. The molecule has 0 N–H and O–H groups in total. The van der Waals surface area contributed by atoms with Crippen LogP contribution in [0.2, 0.25) is 12.5 Å². The Labute approximate surface area is 143 Å². The zero-order valence-corrected chi connectivity index (χ0v) is 19.3. The molecule has 0 saturated heterocycles. The molecule has 0 aliphatic rings. The normalized spacial score (nSPS) is 12.1. The Hall–Kier alpha value is 0.790. The first kappa shape index (κ1) is 21.8. The quantitative estimate of drug-likeness (QED) is 0.441. The van der Waals surface area contributed by atoms with Gasteiger partial charge in [-0.1, -0.05) is 0 Å². The van der Waals surface area contributed by atoms with Crippen molar-refractivity contribution in [1.82, 2.24) is 9.80 Å². The second kappa shape index (κ2) is 13.2. The van der Waals surface area contributed by atoms with Crippen molar-refractivity contribution in [2.24, 2.45) is 0 Å². The maximum atomic E-state index is 2.62. The molecule has 0 fully saturated rings. The van der Waals surface area contributed by atoms with Crippen molar-refractivity contribution in [3.8, 4) is 0 Å². The zero-order valence-electron chi connectivity index (χ0n) is 16.0. The van der Waals surface area contributed by atoms with Gasteiger partial charge in [0.15, 0.2) is 0 Å². The van der Waals surface area contributed by atoms with E-state index >= 15 is 0 Å². The van der Waals surface area contributed by atoms with E-state index in [1.165, 1.54) is 39.0 Å². The molecule has 21 heavy (non-hydrogen) atoms. The Bertz CT molecular complexity index is 209. The third-order valence-electron chi connectivity index (χ3n) is 4.97. The van der Waals surface area contributed by atoms with Gasteiger partial charge in [-0.25, -0.2) is 0 Å². The molecule has 0 spiro atoms. The van der Waals surface area contributed by atoms with Crippen LogP contribution < -0.4 is 0 Å². The molecule has 0 heterocycles. The molecule has 3 heteroatoms. The van der Waals surface area contributed by atoms with E-state index in [0.717, 1.165) is 12.1 Å². The van der Waals surface area contributed by atoms with Gasteiger partial charge < -0.3 is 0 Å². The first-order chi connectivity index (χ1) is 9.96. The summed E-state index contributed by atoms with van der Waals surface area (Å²) < 4.78 is 4.80. The van der Waals surface area contributed by atoms with Crippen molar-refractivity contribution < 1.29 is 0 Å². The van der Waals surface area contributed by atoms with Gasteiger partial charge >= 0.3 is 143 Å². The molecule has 0 radical (unpaired) electrons. The molecular weight excluding hydrogens is 359 g/mol. The van der Waals surface area contributed by atoms with E-state index in [1.54, 1.807) is 12.5 Å². The van der Waals surface area contributed by atoms with Crippen molar-refractivity contribution in [3.05, 3.63) is 0 Å². The second-order valence-electron chi connectivity index (χ2n) is 7.00. The average Bonchev–Trinajstić information content (AvgIpc) is 2.44. The summed E-state index contributed by atoms with van der Waals surface area (Å²) in [5, 5.41) is 0. The van der Waals surface area contributed by atoms with Gasteiger partial charge in [0.25, 0.3) is 0 Å². The molecule has 0 aliphatic carbocycles. The monoisotopic (exact) mass is 400 g/mol. The molecule has 0 bridgehead atoms. The first-order valence-corrected chi connectivity index (χ1v) is 16.4. The van der Waals surface area contributed by atoms with Gasteiger partial charge in [0.05, 0.1) is 0 Å². The molecule has 0 aromatic heterocycles. The summed E-state index contributed by atoms with van der Waals surface area (Å²) in [6.45, 7) is 21.4. The van der Waals surface area contributed by atoms with Crippen LogP contribution >= 0.6 is 0 Å². The Morgan fingerprint density at radius 2 is 1.10 bits per heavy atom. The summed E-state index contributed by atoms with van der Waals surface area (Å²) in [5.74, 6) is 0. The Balaban J connectivity index is 3.90. The Morgan fingerprint density at radius 3 is 1.33 bits per heavy atom. The van der Waals surface area contributed by atoms with Crippen LogP contribution in [0.15, 0.2) is 0 Å². The zero-order chi connectivity index (χ0) is 16.3. The average molecular weight is 400 g/mol. The van der Waals surface area contributed by atoms with E-state index in [9.17, 15) is 0 Å². The summed E-state index contributed by atoms with van der Waals surface area (Å²) in [7, 11) is 0. The van der Waals surface area contributed by atoms with Crippen LogP contribution in [0.25, 0.3) is 0 Å². The first-order valence-electron chi connectivity index (χ1n) is 9.44. The van der Waals surface area contributed by atoms with Crippen molar-refractivity contribution >= 4 is 21.4 Å². The van der Waals surface area contributed by atoms with Gasteiger partial charge in [0.1, 0.15) is 0 Å². The van der Waals surface area contributed by atoms with Crippen LogP contribution in [-0.4, -0.2) is 69.5 Å². The third-order valence-corrected chi connectivity index (χ3v) is 15.3. The van der Waals surface area contributed by atoms with E-state index in [4.69, 9.17) is 0 Å². The van der Waals surface area contributed by atoms with E-state index in [-0.39, 0.29) is 0 Å². The molecule has 0 aromatic carbocycles. The van der Waals surface area contributed by atoms with Gasteiger partial charge in [-0.3, -0.25) is 0 Å².